The molecule has 2 aliphatic rings. The van der Waals surface area contributed by atoms with Gasteiger partial charge in [0, 0.05) is 25.7 Å². The maximum Gasteiger partial charge on any atom is 0.0680 e. The van der Waals surface area contributed by atoms with E-state index in [-0.39, 0.29) is 6.10 Å². The molecule has 2 N–H and O–H groups in total. The van der Waals surface area contributed by atoms with E-state index in [1.165, 1.54) is 32.4 Å². The fourth-order valence-corrected chi connectivity index (χ4v) is 2.49. The molecule has 1 aliphatic carbocycles. The van der Waals surface area contributed by atoms with Gasteiger partial charge in [-0.1, -0.05) is 6.92 Å². The minimum Gasteiger partial charge on any atom is -0.392 e. The maximum absolute atomic E-state index is 9.46. The molecule has 1 saturated heterocycles. The zero-order chi connectivity index (χ0) is 10.7. The summed E-state index contributed by atoms with van der Waals surface area (Å²) in [5.74, 6) is 0.975. The van der Waals surface area contributed by atoms with Gasteiger partial charge in [0.25, 0.3) is 0 Å². The fourth-order valence-electron chi connectivity index (χ4n) is 2.49. The monoisotopic (exact) mass is 212 g/mol. The molecule has 2 atom stereocenters. The zero-order valence-corrected chi connectivity index (χ0v) is 9.78. The van der Waals surface area contributed by atoms with Crippen LogP contribution in [0.1, 0.15) is 32.6 Å². The standard InChI is InChI=1S/C12H24N2O/c1-2-5-14(8-10-3-4-10)9-11-6-12(15)7-13-11/h10-13,15H,2-9H2,1H3. The first-order valence-corrected chi connectivity index (χ1v) is 6.41. The van der Waals surface area contributed by atoms with Crippen LogP contribution in [0.2, 0.25) is 0 Å². The summed E-state index contributed by atoms with van der Waals surface area (Å²) in [6.07, 6.45) is 4.92. The molecule has 0 spiro atoms. The molecule has 0 bridgehead atoms. The molecular weight excluding hydrogens is 188 g/mol. The number of nitrogens with one attached hydrogen (secondary N) is 1. The Morgan fingerprint density at radius 1 is 1.33 bits per heavy atom. The second-order valence-electron chi connectivity index (χ2n) is 5.20. The van der Waals surface area contributed by atoms with Crippen molar-refractivity contribution in [1.82, 2.24) is 10.2 Å². The van der Waals surface area contributed by atoms with E-state index in [1.807, 2.05) is 0 Å². The van der Waals surface area contributed by atoms with Crippen molar-refractivity contribution >= 4 is 0 Å². The van der Waals surface area contributed by atoms with Crippen LogP contribution in [0.25, 0.3) is 0 Å². The lowest BCUT2D eigenvalue weighted by molar-refractivity contribution is 0.185. The molecule has 0 aromatic carbocycles. The van der Waals surface area contributed by atoms with E-state index in [0.29, 0.717) is 6.04 Å². The molecule has 2 unspecified atom stereocenters. The van der Waals surface area contributed by atoms with Gasteiger partial charge in [-0.15, -0.1) is 0 Å². The maximum atomic E-state index is 9.46. The summed E-state index contributed by atoms with van der Waals surface area (Å²) >= 11 is 0. The molecule has 1 aliphatic heterocycles. The van der Waals surface area contributed by atoms with Gasteiger partial charge >= 0.3 is 0 Å². The average molecular weight is 212 g/mol. The van der Waals surface area contributed by atoms with E-state index in [1.54, 1.807) is 0 Å². The third-order valence-electron chi connectivity index (χ3n) is 3.43. The van der Waals surface area contributed by atoms with Crippen molar-refractivity contribution in [2.75, 3.05) is 26.2 Å². The van der Waals surface area contributed by atoms with E-state index in [0.717, 1.165) is 25.4 Å². The summed E-state index contributed by atoms with van der Waals surface area (Å²) in [7, 11) is 0. The lowest BCUT2D eigenvalue weighted by Gasteiger charge is -2.25. The Bertz CT molecular complexity index is 194. The largest absolute Gasteiger partial charge is 0.392 e. The molecule has 0 aromatic heterocycles. The third kappa shape index (κ3) is 3.74. The Morgan fingerprint density at radius 3 is 2.67 bits per heavy atom. The van der Waals surface area contributed by atoms with Gasteiger partial charge in [-0.05, 0) is 38.1 Å². The summed E-state index contributed by atoms with van der Waals surface area (Å²) in [6.45, 7) is 6.65. The topological polar surface area (TPSA) is 35.5 Å². The van der Waals surface area contributed by atoms with Crippen molar-refractivity contribution in [3.63, 3.8) is 0 Å². The number of β-amino-alcohol motifs (C(OH)–C–C–N with tert-alkyl or cyclic N) is 1. The predicted octanol–water partition coefficient (Wildman–Crippen LogP) is 0.831. The van der Waals surface area contributed by atoms with Crippen molar-refractivity contribution in [2.24, 2.45) is 5.92 Å². The Balaban J connectivity index is 1.72. The van der Waals surface area contributed by atoms with Crippen molar-refractivity contribution in [1.29, 1.82) is 0 Å². The second kappa shape index (κ2) is 5.28. The first-order chi connectivity index (χ1) is 7.28. The van der Waals surface area contributed by atoms with Crippen LogP contribution in [0.5, 0.6) is 0 Å². The summed E-state index contributed by atoms with van der Waals surface area (Å²) in [5.41, 5.74) is 0. The Hall–Kier alpha value is -0.120. The summed E-state index contributed by atoms with van der Waals surface area (Å²) < 4.78 is 0. The van der Waals surface area contributed by atoms with Crippen molar-refractivity contribution in [3.8, 4) is 0 Å². The third-order valence-corrected chi connectivity index (χ3v) is 3.43. The summed E-state index contributed by atoms with van der Waals surface area (Å²) in [4.78, 5) is 2.58. The number of nitrogens with zero attached hydrogens (tertiary/aromatic N) is 1. The summed E-state index contributed by atoms with van der Waals surface area (Å²) in [6, 6.07) is 0.519. The smallest absolute Gasteiger partial charge is 0.0680 e. The van der Waals surface area contributed by atoms with Gasteiger partial charge in [-0.2, -0.15) is 0 Å². The SMILES string of the molecule is CCCN(CC1CC1)CC1CC(O)CN1. The minimum atomic E-state index is -0.112. The van der Waals surface area contributed by atoms with Gasteiger partial charge in [0.15, 0.2) is 0 Å². The molecule has 3 heteroatoms. The quantitative estimate of drug-likeness (QED) is 0.684. The van der Waals surface area contributed by atoms with Crippen LogP contribution in [-0.4, -0.2) is 48.3 Å². The second-order valence-corrected chi connectivity index (χ2v) is 5.20. The highest BCUT2D eigenvalue weighted by molar-refractivity contribution is 4.85. The van der Waals surface area contributed by atoms with E-state index in [2.05, 4.69) is 17.1 Å². The fraction of sp³-hybridized carbons (Fsp3) is 1.00. The van der Waals surface area contributed by atoms with Crippen LogP contribution in [0.15, 0.2) is 0 Å². The Kier molecular flexibility index (Phi) is 4.00. The highest BCUT2D eigenvalue weighted by Crippen LogP contribution is 2.29. The molecule has 2 rings (SSSR count). The normalized spacial score (nSPS) is 31.4. The first-order valence-electron chi connectivity index (χ1n) is 6.41. The van der Waals surface area contributed by atoms with Crippen molar-refractivity contribution in [3.05, 3.63) is 0 Å². The van der Waals surface area contributed by atoms with Crippen LogP contribution in [0.3, 0.4) is 0 Å². The van der Waals surface area contributed by atoms with Gasteiger partial charge < -0.3 is 15.3 Å². The highest BCUT2D eigenvalue weighted by Gasteiger charge is 2.27. The van der Waals surface area contributed by atoms with Crippen LogP contribution in [0.4, 0.5) is 0 Å². The van der Waals surface area contributed by atoms with Crippen LogP contribution >= 0.6 is 0 Å². The van der Waals surface area contributed by atoms with E-state index in [4.69, 9.17) is 0 Å². The van der Waals surface area contributed by atoms with Crippen LogP contribution in [-0.2, 0) is 0 Å². The molecule has 2 fully saturated rings. The van der Waals surface area contributed by atoms with Gasteiger partial charge in [-0.3, -0.25) is 0 Å². The molecule has 1 saturated carbocycles. The Labute approximate surface area is 92.8 Å². The lowest BCUT2D eigenvalue weighted by Crippen LogP contribution is -2.39. The average Bonchev–Trinajstić information content (AvgIpc) is 2.90. The zero-order valence-electron chi connectivity index (χ0n) is 9.78. The van der Waals surface area contributed by atoms with Gasteiger partial charge in [0.2, 0.25) is 0 Å². The highest BCUT2D eigenvalue weighted by atomic mass is 16.3. The van der Waals surface area contributed by atoms with Crippen molar-refractivity contribution < 1.29 is 5.11 Å². The molecule has 0 radical (unpaired) electrons. The molecule has 3 nitrogen and oxygen atoms in total. The number of aliphatic hydroxyl groups excluding tert-OH is 1. The molecular formula is C12H24N2O. The van der Waals surface area contributed by atoms with Crippen LogP contribution in [0, 0.1) is 5.92 Å². The summed E-state index contributed by atoms with van der Waals surface area (Å²) in [5, 5.41) is 12.9. The minimum absolute atomic E-state index is 0.112. The van der Waals surface area contributed by atoms with Gasteiger partial charge in [0.1, 0.15) is 0 Å². The van der Waals surface area contributed by atoms with E-state index in [9.17, 15) is 5.11 Å². The Morgan fingerprint density at radius 2 is 2.13 bits per heavy atom. The van der Waals surface area contributed by atoms with Gasteiger partial charge in [0.05, 0.1) is 6.10 Å². The molecule has 15 heavy (non-hydrogen) atoms. The molecule has 1 heterocycles. The van der Waals surface area contributed by atoms with Gasteiger partial charge in [-0.25, -0.2) is 0 Å². The number of hydrogen-bond donors (Lipinski definition) is 2. The molecule has 0 aromatic rings. The number of rotatable bonds is 6. The van der Waals surface area contributed by atoms with Crippen LogP contribution < -0.4 is 5.32 Å². The van der Waals surface area contributed by atoms with E-state index >= 15 is 0 Å². The molecule has 88 valence electrons. The van der Waals surface area contributed by atoms with Crippen molar-refractivity contribution in [2.45, 2.75) is 44.8 Å². The predicted molar refractivity (Wildman–Crippen MR) is 61.9 cm³/mol. The molecule has 0 amide bonds. The first kappa shape index (κ1) is 11.4. The number of hydrogen-bond acceptors (Lipinski definition) is 3. The lowest BCUT2D eigenvalue weighted by atomic mass is 10.2. The number of aliphatic hydroxyl groups is 1. The van der Waals surface area contributed by atoms with E-state index < -0.39 is 0 Å².